The molecule has 2 fully saturated rings. The van der Waals surface area contributed by atoms with Crippen molar-refractivity contribution in [1.82, 2.24) is 4.90 Å². The van der Waals surface area contributed by atoms with E-state index in [1.165, 1.54) is 18.6 Å². The maximum atomic E-state index is 12.9. The van der Waals surface area contributed by atoms with Gasteiger partial charge in [-0.25, -0.2) is 4.39 Å². The Hall–Kier alpha value is -1.22. The fraction of sp³-hybridized carbons (Fsp3) is 0.562. The Morgan fingerprint density at radius 1 is 1.16 bits per heavy atom. The minimum absolute atomic E-state index is 0.187. The molecular weight excluding hydrogens is 241 g/mol. The molecule has 0 bridgehead atoms. The summed E-state index contributed by atoms with van der Waals surface area (Å²) in [5.74, 6) is 0.520. The molecule has 3 heteroatoms. The van der Waals surface area contributed by atoms with E-state index in [4.69, 9.17) is 0 Å². The second kappa shape index (κ2) is 5.41. The number of rotatable bonds is 3. The Balaban J connectivity index is 1.69. The summed E-state index contributed by atoms with van der Waals surface area (Å²) in [6.07, 6.45) is 5.20. The van der Waals surface area contributed by atoms with Crippen molar-refractivity contribution >= 4 is 5.78 Å². The highest BCUT2D eigenvalue weighted by molar-refractivity contribution is 5.83. The van der Waals surface area contributed by atoms with Crippen molar-refractivity contribution in [3.05, 3.63) is 35.6 Å². The lowest BCUT2D eigenvalue weighted by Crippen LogP contribution is -2.36. The fourth-order valence-corrected chi connectivity index (χ4v) is 3.58. The first kappa shape index (κ1) is 12.8. The van der Waals surface area contributed by atoms with Gasteiger partial charge in [-0.05, 0) is 49.9 Å². The Kier molecular flexibility index (Phi) is 3.65. The van der Waals surface area contributed by atoms with Crippen LogP contribution in [0.25, 0.3) is 0 Å². The number of hydrogen-bond acceptors (Lipinski definition) is 2. The van der Waals surface area contributed by atoms with Gasteiger partial charge in [0.15, 0.2) is 0 Å². The molecule has 0 N–H and O–H groups in total. The third-order valence-corrected chi connectivity index (χ3v) is 4.53. The van der Waals surface area contributed by atoms with Gasteiger partial charge >= 0.3 is 0 Å². The maximum Gasteiger partial charge on any atom is 0.137 e. The van der Waals surface area contributed by atoms with E-state index >= 15 is 0 Å². The summed E-state index contributed by atoms with van der Waals surface area (Å²) >= 11 is 0. The van der Waals surface area contributed by atoms with Gasteiger partial charge in [0.05, 0.1) is 0 Å². The summed E-state index contributed by atoms with van der Waals surface area (Å²) in [6, 6.07) is 7.14. The highest BCUT2D eigenvalue weighted by Gasteiger charge is 2.37. The van der Waals surface area contributed by atoms with Crippen LogP contribution in [0.5, 0.6) is 0 Å². The van der Waals surface area contributed by atoms with Crippen molar-refractivity contribution in [1.29, 1.82) is 0 Å². The number of halogens is 1. The topological polar surface area (TPSA) is 20.3 Å². The monoisotopic (exact) mass is 261 g/mol. The van der Waals surface area contributed by atoms with Crippen molar-refractivity contribution in [2.45, 2.75) is 44.7 Å². The summed E-state index contributed by atoms with van der Waals surface area (Å²) in [7, 11) is 0. The number of benzene rings is 1. The molecule has 0 amide bonds. The molecule has 0 radical (unpaired) electrons. The Morgan fingerprint density at radius 3 is 2.63 bits per heavy atom. The van der Waals surface area contributed by atoms with Crippen LogP contribution in [-0.2, 0) is 11.3 Å². The van der Waals surface area contributed by atoms with Gasteiger partial charge in [0.1, 0.15) is 11.6 Å². The number of carbonyl (C=O) groups excluding carboxylic acids is 1. The molecule has 1 saturated carbocycles. The molecule has 0 aromatic heterocycles. The van der Waals surface area contributed by atoms with Crippen molar-refractivity contribution in [3.8, 4) is 0 Å². The van der Waals surface area contributed by atoms with E-state index < -0.39 is 0 Å². The summed E-state index contributed by atoms with van der Waals surface area (Å²) in [5.41, 5.74) is 1.14. The second-order valence-corrected chi connectivity index (χ2v) is 5.77. The van der Waals surface area contributed by atoms with Gasteiger partial charge in [-0.2, -0.15) is 0 Å². The SMILES string of the molecule is O=C1CCCC1C1CCCN1Cc1ccc(F)cc1. The van der Waals surface area contributed by atoms with E-state index in [0.29, 0.717) is 11.8 Å². The zero-order valence-electron chi connectivity index (χ0n) is 11.1. The van der Waals surface area contributed by atoms with E-state index in [2.05, 4.69) is 4.90 Å². The summed E-state index contributed by atoms with van der Waals surface area (Å²) in [6.45, 7) is 1.90. The normalized spacial score (nSPS) is 28.2. The molecule has 2 nitrogen and oxygen atoms in total. The summed E-state index contributed by atoms with van der Waals surface area (Å²) < 4.78 is 12.9. The van der Waals surface area contributed by atoms with Gasteiger partial charge in [0.2, 0.25) is 0 Å². The second-order valence-electron chi connectivity index (χ2n) is 5.77. The van der Waals surface area contributed by atoms with Crippen LogP contribution in [0.4, 0.5) is 4.39 Å². The quantitative estimate of drug-likeness (QED) is 0.833. The lowest BCUT2D eigenvalue weighted by molar-refractivity contribution is -0.122. The number of nitrogens with zero attached hydrogens (tertiary/aromatic N) is 1. The predicted octanol–water partition coefficient (Wildman–Crippen LogP) is 3.16. The number of carbonyl (C=O) groups is 1. The van der Waals surface area contributed by atoms with Crippen molar-refractivity contribution < 1.29 is 9.18 Å². The third kappa shape index (κ3) is 2.71. The van der Waals surface area contributed by atoms with Crippen LogP contribution in [-0.4, -0.2) is 23.3 Å². The third-order valence-electron chi connectivity index (χ3n) is 4.53. The van der Waals surface area contributed by atoms with E-state index in [0.717, 1.165) is 44.3 Å². The molecule has 1 aromatic rings. The van der Waals surface area contributed by atoms with Crippen molar-refractivity contribution in [2.24, 2.45) is 5.92 Å². The molecule has 19 heavy (non-hydrogen) atoms. The zero-order chi connectivity index (χ0) is 13.2. The van der Waals surface area contributed by atoms with Gasteiger partial charge in [0.25, 0.3) is 0 Å². The number of hydrogen-bond donors (Lipinski definition) is 0. The molecule has 1 aliphatic carbocycles. The minimum Gasteiger partial charge on any atom is -0.299 e. The minimum atomic E-state index is -0.187. The van der Waals surface area contributed by atoms with Crippen molar-refractivity contribution in [2.75, 3.05) is 6.54 Å². The molecule has 2 unspecified atom stereocenters. The summed E-state index contributed by atoms with van der Waals surface area (Å²) in [4.78, 5) is 14.3. The average molecular weight is 261 g/mol. The molecule has 1 heterocycles. The van der Waals surface area contributed by atoms with Crippen LogP contribution < -0.4 is 0 Å². The number of Topliss-reactive ketones (excluding diaryl/α,β-unsaturated/α-hetero) is 1. The van der Waals surface area contributed by atoms with Crippen LogP contribution >= 0.6 is 0 Å². The van der Waals surface area contributed by atoms with E-state index in [9.17, 15) is 9.18 Å². The Morgan fingerprint density at radius 2 is 1.95 bits per heavy atom. The highest BCUT2D eigenvalue weighted by atomic mass is 19.1. The fourth-order valence-electron chi connectivity index (χ4n) is 3.58. The van der Waals surface area contributed by atoms with Gasteiger partial charge < -0.3 is 0 Å². The number of ketones is 1. The smallest absolute Gasteiger partial charge is 0.137 e. The Labute approximate surface area is 113 Å². The zero-order valence-corrected chi connectivity index (χ0v) is 11.1. The molecule has 1 saturated heterocycles. The maximum absolute atomic E-state index is 12.9. The first-order valence-electron chi connectivity index (χ1n) is 7.25. The summed E-state index contributed by atoms with van der Waals surface area (Å²) in [5, 5.41) is 0. The molecule has 1 aliphatic heterocycles. The van der Waals surface area contributed by atoms with Crippen LogP contribution in [0.15, 0.2) is 24.3 Å². The van der Waals surface area contributed by atoms with E-state index in [-0.39, 0.29) is 11.7 Å². The number of likely N-dealkylation sites (tertiary alicyclic amines) is 1. The van der Waals surface area contributed by atoms with Crippen molar-refractivity contribution in [3.63, 3.8) is 0 Å². The van der Waals surface area contributed by atoms with Gasteiger partial charge in [-0.3, -0.25) is 9.69 Å². The van der Waals surface area contributed by atoms with E-state index in [1.54, 1.807) is 0 Å². The molecule has 3 rings (SSSR count). The molecule has 102 valence electrons. The lowest BCUT2D eigenvalue weighted by Gasteiger charge is -2.28. The lowest BCUT2D eigenvalue weighted by atomic mass is 9.95. The standard InChI is InChI=1S/C16H20FNO/c17-13-8-6-12(7-9-13)11-18-10-2-4-15(18)14-3-1-5-16(14)19/h6-9,14-15H,1-5,10-11H2. The average Bonchev–Trinajstić information content (AvgIpc) is 3.01. The predicted molar refractivity (Wildman–Crippen MR) is 72.2 cm³/mol. The molecule has 1 aromatic carbocycles. The molecular formula is C16H20FNO. The molecule has 0 spiro atoms. The molecule has 2 atom stereocenters. The van der Waals surface area contributed by atoms with E-state index in [1.807, 2.05) is 12.1 Å². The van der Waals surface area contributed by atoms with Crippen LogP contribution in [0, 0.1) is 11.7 Å². The van der Waals surface area contributed by atoms with Gasteiger partial charge in [-0.15, -0.1) is 0 Å². The van der Waals surface area contributed by atoms with Crippen LogP contribution in [0.2, 0.25) is 0 Å². The van der Waals surface area contributed by atoms with Crippen LogP contribution in [0.1, 0.15) is 37.7 Å². The Bertz CT molecular complexity index is 456. The molecule has 2 aliphatic rings. The first-order chi connectivity index (χ1) is 9.24. The van der Waals surface area contributed by atoms with Crippen LogP contribution in [0.3, 0.4) is 0 Å². The largest absolute Gasteiger partial charge is 0.299 e. The van der Waals surface area contributed by atoms with Gasteiger partial charge in [-0.1, -0.05) is 12.1 Å². The first-order valence-corrected chi connectivity index (χ1v) is 7.25. The highest BCUT2D eigenvalue weighted by Crippen LogP contribution is 2.34. The van der Waals surface area contributed by atoms with Gasteiger partial charge in [0, 0.05) is 24.9 Å².